The van der Waals surface area contributed by atoms with E-state index < -0.39 is 4.92 Å². The highest BCUT2D eigenvalue weighted by atomic mass is 32.2. The molecule has 0 amide bonds. The number of nitrogens with zero attached hydrogens (tertiary/aromatic N) is 4. The van der Waals surface area contributed by atoms with Gasteiger partial charge in [0.25, 0.3) is 0 Å². The van der Waals surface area contributed by atoms with Gasteiger partial charge in [-0.2, -0.15) is 5.26 Å². The lowest BCUT2D eigenvalue weighted by Gasteiger charge is -1.96. The van der Waals surface area contributed by atoms with Crippen LogP contribution in [0.1, 0.15) is 0 Å². The summed E-state index contributed by atoms with van der Waals surface area (Å²) in [4.78, 5) is 13.5. The SMILES string of the molecule is Cn1cnc([N+](=O)[O-])c1SCC#N. The van der Waals surface area contributed by atoms with E-state index in [1.54, 1.807) is 7.05 Å². The fourth-order valence-corrected chi connectivity index (χ4v) is 1.51. The van der Waals surface area contributed by atoms with Crippen molar-refractivity contribution in [2.75, 3.05) is 5.75 Å². The number of aromatic nitrogens is 2. The van der Waals surface area contributed by atoms with Crippen LogP contribution in [-0.2, 0) is 7.05 Å². The van der Waals surface area contributed by atoms with E-state index in [-0.39, 0.29) is 11.6 Å². The third kappa shape index (κ3) is 1.97. The molecule has 0 N–H and O–H groups in total. The Morgan fingerprint density at radius 3 is 3.15 bits per heavy atom. The minimum atomic E-state index is -0.556. The molecule has 0 aliphatic heterocycles. The fraction of sp³-hybridized carbons (Fsp3) is 0.333. The molecule has 68 valence electrons. The number of hydrogen-bond acceptors (Lipinski definition) is 5. The van der Waals surface area contributed by atoms with Gasteiger partial charge in [0, 0.05) is 7.05 Å². The minimum absolute atomic E-state index is 0.181. The van der Waals surface area contributed by atoms with Crippen LogP contribution < -0.4 is 0 Å². The summed E-state index contributed by atoms with van der Waals surface area (Å²) in [5.41, 5.74) is 0. The van der Waals surface area contributed by atoms with Gasteiger partial charge in [-0.1, -0.05) is 11.8 Å². The van der Waals surface area contributed by atoms with Gasteiger partial charge in [0.1, 0.15) is 0 Å². The molecule has 0 atom stereocenters. The lowest BCUT2D eigenvalue weighted by molar-refractivity contribution is -0.392. The minimum Gasteiger partial charge on any atom is -0.358 e. The fourth-order valence-electron chi connectivity index (χ4n) is 0.799. The smallest absolute Gasteiger partial charge is 0.358 e. The van der Waals surface area contributed by atoms with Crippen LogP contribution in [0.15, 0.2) is 11.4 Å². The molecule has 0 radical (unpaired) electrons. The van der Waals surface area contributed by atoms with Crippen LogP contribution in [-0.4, -0.2) is 20.2 Å². The molecule has 0 aliphatic carbocycles. The quantitative estimate of drug-likeness (QED) is 0.410. The summed E-state index contributed by atoms with van der Waals surface area (Å²) in [6, 6.07) is 1.90. The summed E-state index contributed by atoms with van der Waals surface area (Å²) >= 11 is 1.11. The maximum absolute atomic E-state index is 10.4. The van der Waals surface area contributed by atoms with Crippen LogP contribution in [0, 0.1) is 21.4 Å². The lowest BCUT2D eigenvalue weighted by Crippen LogP contribution is -1.93. The topological polar surface area (TPSA) is 84.8 Å². The van der Waals surface area contributed by atoms with Gasteiger partial charge >= 0.3 is 5.82 Å². The molecule has 0 unspecified atom stereocenters. The zero-order valence-corrected chi connectivity index (χ0v) is 7.61. The standard InChI is InChI=1S/C6H6N4O2S/c1-9-4-8-5(10(11)12)6(9)13-3-2-7/h4H,3H2,1H3. The van der Waals surface area contributed by atoms with Crippen LogP contribution in [0.2, 0.25) is 0 Å². The van der Waals surface area contributed by atoms with E-state index in [1.807, 2.05) is 6.07 Å². The molecule has 0 aromatic carbocycles. The lowest BCUT2D eigenvalue weighted by atomic mass is 10.8. The molecule has 1 aromatic heterocycles. The average molecular weight is 198 g/mol. The van der Waals surface area contributed by atoms with Crippen molar-refractivity contribution in [3.8, 4) is 6.07 Å². The number of imidazole rings is 1. The van der Waals surface area contributed by atoms with Gasteiger partial charge in [-0.3, -0.25) is 0 Å². The van der Waals surface area contributed by atoms with Crippen molar-refractivity contribution in [3.05, 3.63) is 16.4 Å². The highest BCUT2D eigenvalue weighted by Crippen LogP contribution is 2.26. The third-order valence-corrected chi connectivity index (χ3v) is 2.33. The number of nitriles is 1. The van der Waals surface area contributed by atoms with Crippen molar-refractivity contribution >= 4 is 17.6 Å². The van der Waals surface area contributed by atoms with Gasteiger partial charge in [0.2, 0.25) is 6.33 Å². The number of hydrogen-bond donors (Lipinski definition) is 0. The highest BCUT2D eigenvalue weighted by molar-refractivity contribution is 7.99. The van der Waals surface area contributed by atoms with Gasteiger partial charge in [-0.25, -0.2) is 0 Å². The van der Waals surface area contributed by atoms with E-state index in [2.05, 4.69) is 4.98 Å². The van der Waals surface area contributed by atoms with Gasteiger partial charge in [0.15, 0.2) is 5.03 Å². The maximum Gasteiger partial charge on any atom is 0.395 e. The van der Waals surface area contributed by atoms with Crippen LogP contribution in [0.3, 0.4) is 0 Å². The Morgan fingerprint density at radius 1 is 1.92 bits per heavy atom. The Labute approximate surface area is 78.3 Å². The van der Waals surface area contributed by atoms with Gasteiger partial charge in [-0.05, 0) is 9.91 Å². The molecule has 0 bridgehead atoms. The Bertz CT molecular complexity index is 367. The Morgan fingerprint density at radius 2 is 2.62 bits per heavy atom. The molecule has 6 nitrogen and oxygen atoms in total. The van der Waals surface area contributed by atoms with E-state index in [9.17, 15) is 10.1 Å². The van der Waals surface area contributed by atoms with Gasteiger partial charge < -0.3 is 14.7 Å². The number of rotatable bonds is 3. The second-order valence-electron chi connectivity index (χ2n) is 2.19. The molecule has 1 rings (SSSR count). The van der Waals surface area contributed by atoms with Crippen LogP contribution in [0.5, 0.6) is 0 Å². The second kappa shape index (κ2) is 3.91. The van der Waals surface area contributed by atoms with Gasteiger partial charge in [-0.15, -0.1) is 0 Å². The number of nitro groups is 1. The first-order chi connectivity index (χ1) is 6.16. The molecule has 7 heteroatoms. The Hall–Kier alpha value is -1.55. The summed E-state index contributed by atoms with van der Waals surface area (Å²) in [5.74, 6) is -0.0110. The van der Waals surface area contributed by atoms with Crippen LogP contribution in [0.25, 0.3) is 0 Å². The molecular weight excluding hydrogens is 192 g/mol. The van der Waals surface area contributed by atoms with Gasteiger partial charge in [0.05, 0.1) is 11.8 Å². The van der Waals surface area contributed by atoms with Crippen molar-refractivity contribution < 1.29 is 4.92 Å². The summed E-state index contributed by atoms with van der Waals surface area (Å²) in [6.45, 7) is 0. The molecule has 1 heterocycles. The molecular formula is C6H6N4O2S. The summed E-state index contributed by atoms with van der Waals surface area (Å²) < 4.78 is 1.53. The van der Waals surface area contributed by atoms with E-state index in [0.29, 0.717) is 5.03 Å². The molecule has 1 aromatic rings. The Kier molecular flexibility index (Phi) is 2.87. The molecule has 0 spiro atoms. The van der Waals surface area contributed by atoms with Crippen molar-refractivity contribution in [2.45, 2.75) is 5.03 Å². The summed E-state index contributed by atoms with van der Waals surface area (Å²) in [6.07, 6.45) is 1.36. The van der Waals surface area contributed by atoms with Crippen LogP contribution in [0.4, 0.5) is 5.82 Å². The Balaban J connectivity index is 2.96. The summed E-state index contributed by atoms with van der Waals surface area (Å²) in [7, 11) is 1.65. The number of aryl methyl sites for hydroxylation is 1. The number of thioether (sulfide) groups is 1. The average Bonchev–Trinajstić information content (AvgIpc) is 2.43. The first kappa shape index (κ1) is 9.54. The molecule has 0 saturated heterocycles. The molecule has 0 aliphatic rings. The van der Waals surface area contributed by atoms with E-state index in [1.165, 1.54) is 10.9 Å². The zero-order chi connectivity index (χ0) is 9.84. The van der Waals surface area contributed by atoms with E-state index in [0.717, 1.165) is 11.8 Å². The first-order valence-corrected chi connectivity index (χ1v) is 4.31. The predicted molar refractivity (Wildman–Crippen MR) is 46.2 cm³/mol. The molecule has 0 saturated carbocycles. The van der Waals surface area contributed by atoms with Crippen molar-refractivity contribution in [1.29, 1.82) is 5.26 Å². The van der Waals surface area contributed by atoms with Crippen molar-refractivity contribution in [3.63, 3.8) is 0 Å². The molecule has 13 heavy (non-hydrogen) atoms. The van der Waals surface area contributed by atoms with E-state index in [4.69, 9.17) is 5.26 Å². The third-order valence-electron chi connectivity index (χ3n) is 1.31. The van der Waals surface area contributed by atoms with Crippen molar-refractivity contribution in [2.24, 2.45) is 7.05 Å². The van der Waals surface area contributed by atoms with Crippen LogP contribution >= 0.6 is 11.8 Å². The largest absolute Gasteiger partial charge is 0.395 e. The predicted octanol–water partition coefficient (Wildman–Crippen LogP) is 0.944. The molecule has 0 fully saturated rings. The highest BCUT2D eigenvalue weighted by Gasteiger charge is 2.19. The summed E-state index contributed by atoms with van der Waals surface area (Å²) in [5, 5.41) is 19.2. The van der Waals surface area contributed by atoms with E-state index >= 15 is 0 Å². The normalized spacial score (nSPS) is 9.54. The van der Waals surface area contributed by atoms with Crippen molar-refractivity contribution in [1.82, 2.24) is 9.55 Å². The second-order valence-corrected chi connectivity index (χ2v) is 3.15. The monoisotopic (exact) mass is 198 g/mol. The zero-order valence-electron chi connectivity index (χ0n) is 6.80. The maximum atomic E-state index is 10.4. The first-order valence-electron chi connectivity index (χ1n) is 3.32.